The zero-order valence-electron chi connectivity index (χ0n) is 6.05. The van der Waals surface area contributed by atoms with Crippen LogP contribution in [0, 0.1) is 0 Å². The van der Waals surface area contributed by atoms with Crippen LogP contribution in [0.25, 0.3) is 0 Å². The summed E-state index contributed by atoms with van der Waals surface area (Å²) < 4.78 is 0.744. The van der Waals surface area contributed by atoms with E-state index in [1.807, 2.05) is 0 Å². The van der Waals surface area contributed by atoms with Crippen molar-refractivity contribution in [3.8, 4) is 0 Å². The predicted molar refractivity (Wildman–Crippen MR) is 50.7 cm³/mol. The molecule has 0 saturated carbocycles. The average molecular weight is 249 g/mol. The lowest BCUT2D eigenvalue weighted by molar-refractivity contribution is 0.0696. The number of rotatable bonds is 2. The molecule has 0 aliphatic heterocycles. The van der Waals surface area contributed by atoms with Gasteiger partial charge >= 0.3 is 5.97 Å². The molecule has 0 amide bonds. The van der Waals surface area contributed by atoms with Gasteiger partial charge in [-0.25, -0.2) is 4.79 Å². The SMILES string of the molecule is O=C(O)c1cc(Br)ccc1CCl. The summed E-state index contributed by atoms with van der Waals surface area (Å²) in [4.78, 5) is 10.7. The highest BCUT2D eigenvalue weighted by Gasteiger charge is 2.08. The van der Waals surface area contributed by atoms with Gasteiger partial charge in [-0.05, 0) is 17.7 Å². The molecule has 1 aromatic carbocycles. The third-order valence-corrected chi connectivity index (χ3v) is 2.23. The van der Waals surface area contributed by atoms with Crippen molar-refractivity contribution in [2.75, 3.05) is 0 Å². The highest BCUT2D eigenvalue weighted by molar-refractivity contribution is 9.10. The summed E-state index contributed by atoms with van der Waals surface area (Å²) in [5.41, 5.74) is 0.881. The van der Waals surface area contributed by atoms with E-state index in [2.05, 4.69) is 15.9 Å². The molecule has 0 bridgehead atoms. The van der Waals surface area contributed by atoms with Crippen LogP contribution in [-0.4, -0.2) is 11.1 Å². The molecule has 64 valence electrons. The van der Waals surface area contributed by atoms with Crippen LogP contribution < -0.4 is 0 Å². The lowest BCUT2D eigenvalue weighted by Gasteiger charge is -2.01. The summed E-state index contributed by atoms with van der Waals surface area (Å²) in [5.74, 6) is -0.735. The molecule has 0 aliphatic rings. The minimum absolute atomic E-state index is 0.217. The van der Waals surface area contributed by atoms with E-state index in [0.29, 0.717) is 5.56 Å². The molecule has 0 radical (unpaired) electrons. The lowest BCUT2D eigenvalue weighted by Crippen LogP contribution is -2.00. The largest absolute Gasteiger partial charge is 0.478 e. The van der Waals surface area contributed by atoms with Crippen molar-refractivity contribution in [2.45, 2.75) is 5.88 Å². The van der Waals surface area contributed by atoms with Crippen LogP contribution in [0.5, 0.6) is 0 Å². The highest BCUT2D eigenvalue weighted by atomic mass is 79.9. The zero-order chi connectivity index (χ0) is 9.14. The average Bonchev–Trinajstić information content (AvgIpc) is 2.04. The fourth-order valence-electron chi connectivity index (χ4n) is 0.864. The number of carboxylic acids is 1. The monoisotopic (exact) mass is 248 g/mol. The first-order valence-electron chi connectivity index (χ1n) is 3.23. The third-order valence-electron chi connectivity index (χ3n) is 1.45. The number of benzene rings is 1. The molecule has 12 heavy (non-hydrogen) atoms. The number of carbonyl (C=O) groups is 1. The Hall–Kier alpha value is -0.540. The van der Waals surface area contributed by atoms with E-state index >= 15 is 0 Å². The Kier molecular flexibility index (Phi) is 3.12. The van der Waals surface area contributed by atoms with Crippen LogP contribution in [0.4, 0.5) is 0 Å². The number of aromatic carboxylic acids is 1. The normalized spacial score (nSPS) is 9.83. The summed E-state index contributed by atoms with van der Waals surface area (Å²) in [6.07, 6.45) is 0. The Labute approximate surface area is 83.3 Å². The van der Waals surface area contributed by atoms with Crippen molar-refractivity contribution in [2.24, 2.45) is 0 Å². The van der Waals surface area contributed by atoms with Gasteiger partial charge in [0.25, 0.3) is 0 Å². The van der Waals surface area contributed by atoms with Crippen LogP contribution in [-0.2, 0) is 5.88 Å². The molecule has 2 nitrogen and oxygen atoms in total. The van der Waals surface area contributed by atoms with Crippen LogP contribution in [0.3, 0.4) is 0 Å². The first kappa shape index (κ1) is 9.55. The molecule has 0 saturated heterocycles. The predicted octanol–water partition coefficient (Wildman–Crippen LogP) is 2.89. The Balaban J connectivity index is 3.21. The number of alkyl halides is 1. The number of hydrogen-bond acceptors (Lipinski definition) is 1. The zero-order valence-corrected chi connectivity index (χ0v) is 8.39. The van der Waals surface area contributed by atoms with E-state index in [1.165, 1.54) is 0 Å². The van der Waals surface area contributed by atoms with Crippen molar-refractivity contribution in [1.29, 1.82) is 0 Å². The van der Waals surface area contributed by atoms with Crippen LogP contribution >= 0.6 is 27.5 Å². The van der Waals surface area contributed by atoms with Crippen molar-refractivity contribution < 1.29 is 9.90 Å². The van der Waals surface area contributed by atoms with Crippen molar-refractivity contribution in [1.82, 2.24) is 0 Å². The van der Waals surface area contributed by atoms with Gasteiger partial charge in [-0.15, -0.1) is 11.6 Å². The topological polar surface area (TPSA) is 37.3 Å². The second-order valence-corrected chi connectivity index (χ2v) is 3.42. The standard InChI is InChI=1S/C8H6BrClO2/c9-6-2-1-5(4-10)7(3-6)8(11)12/h1-3H,4H2,(H,11,12). The third kappa shape index (κ3) is 1.99. The molecule has 0 fully saturated rings. The maximum Gasteiger partial charge on any atom is 0.336 e. The first-order chi connectivity index (χ1) is 5.65. The Bertz CT molecular complexity index is 312. The second-order valence-electron chi connectivity index (χ2n) is 2.24. The molecule has 0 unspecified atom stereocenters. The van der Waals surface area contributed by atoms with Crippen LogP contribution in [0.15, 0.2) is 22.7 Å². The Morgan fingerprint density at radius 2 is 2.25 bits per heavy atom. The quantitative estimate of drug-likeness (QED) is 0.818. The van der Waals surface area contributed by atoms with Gasteiger partial charge in [0.2, 0.25) is 0 Å². The molecule has 0 heterocycles. The Morgan fingerprint density at radius 1 is 1.58 bits per heavy atom. The maximum atomic E-state index is 10.7. The maximum absolute atomic E-state index is 10.7. The number of hydrogen-bond donors (Lipinski definition) is 1. The van der Waals surface area contributed by atoms with E-state index in [-0.39, 0.29) is 11.4 Å². The molecule has 0 aromatic heterocycles. The van der Waals surface area contributed by atoms with Gasteiger partial charge in [0, 0.05) is 10.4 Å². The smallest absolute Gasteiger partial charge is 0.336 e. The second kappa shape index (κ2) is 3.92. The molecule has 0 atom stereocenters. The Morgan fingerprint density at radius 3 is 2.75 bits per heavy atom. The summed E-state index contributed by atoms with van der Waals surface area (Å²) in [6.45, 7) is 0. The first-order valence-corrected chi connectivity index (χ1v) is 4.55. The number of halogens is 2. The van der Waals surface area contributed by atoms with Gasteiger partial charge in [0.15, 0.2) is 0 Å². The number of carboxylic acid groups (broad SMARTS) is 1. The highest BCUT2D eigenvalue weighted by Crippen LogP contribution is 2.18. The fraction of sp³-hybridized carbons (Fsp3) is 0.125. The molecular weight excluding hydrogens is 243 g/mol. The van der Waals surface area contributed by atoms with Gasteiger partial charge in [0.05, 0.1) is 5.56 Å². The minimum Gasteiger partial charge on any atom is -0.478 e. The summed E-state index contributed by atoms with van der Waals surface area (Å²) in [6, 6.07) is 5.00. The molecule has 1 N–H and O–H groups in total. The van der Waals surface area contributed by atoms with Gasteiger partial charge in [-0.1, -0.05) is 22.0 Å². The van der Waals surface area contributed by atoms with Gasteiger partial charge in [0.1, 0.15) is 0 Å². The van der Waals surface area contributed by atoms with E-state index in [0.717, 1.165) is 4.47 Å². The minimum atomic E-state index is -0.952. The molecule has 4 heteroatoms. The van der Waals surface area contributed by atoms with Gasteiger partial charge in [-0.2, -0.15) is 0 Å². The molecule has 1 rings (SSSR count). The molecule has 0 aliphatic carbocycles. The molecule has 0 spiro atoms. The van der Waals surface area contributed by atoms with E-state index in [1.54, 1.807) is 18.2 Å². The van der Waals surface area contributed by atoms with Crippen LogP contribution in [0.1, 0.15) is 15.9 Å². The van der Waals surface area contributed by atoms with E-state index in [9.17, 15) is 4.79 Å². The van der Waals surface area contributed by atoms with Crippen molar-refractivity contribution >= 4 is 33.5 Å². The van der Waals surface area contributed by atoms with Crippen molar-refractivity contribution in [3.63, 3.8) is 0 Å². The van der Waals surface area contributed by atoms with Crippen molar-refractivity contribution in [3.05, 3.63) is 33.8 Å². The molecular formula is C8H6BrClO2. The molecule has 1 aromatic rings. The van der Waals surface area contributed by atoms with Crippen LogP contribution in [0.2, 0.25) is 0 Å². The van der Waals surface area contributed by atoms with E-state index in [4.69, 9.17) is 16.7 Å². The fourth-order valence-corrected chi connectivity index (χ4v) is 1.46. The summed E-state index contributed by atoms with van der Waals surface area (Å²) in [7, 11) is 0. The summed E-state index contributed by atoms with van der Waals surface area (Å²) in [5, 5.41) is 8.74. The van der Waals surface area contributed by atoms with Gasteiger partial charge in [-0.3, -0.25) is 0 Å². The van der Waals surface area contributed by atoms with E-state index < -0.39 is 5.97 Å². The summed E-state index contributed by atoms with van der Waals surface area (Å²) >= 11 is 8.74. The lowest BCUT2D eigenvalue weighted by atomic mass is 10.1. The van der Waals surface area contributed by atoms with Gasteiger partial charge < -0.3 is 5.11 Å².